The first-order valence-electron chi connectivity index (χ1n) is 4.19. The van der Waals surface area contributed by atoms with Crippen LogP contribution in [-0.2, 0) is 4.79 Å². The molecule has 1 aliphatic rings. The van der Waals surface area contributed by atoms with Crippen LogP contribution in [0.1, 0.15) is 17.9 Å². The number of hydrogen-bond acceptors (Lipinski definition) is 2. The average Bonchev–Trinajstić information content (AvgIpc) is 2.17. The summed E-state index contributed by atoms with van der Waals surface area (Å²) >= 11 is 5.26. The zero-order valence-corrected chi connectivity index (χ0v) is 9.40. The van der Waals surface area contributed by atoms with Crippen molar-refractivity contribution in [2.45, 2.75) is 17.2 Å². The number of rotatable bonds is 1. The molecule has 2 rings (SSSR count). The van der Waals surface area contributed by atoms with Gasteiger partial charge in [-0.1, -0.05) is 15.9 Å². The molecular formula is C10H9BrOS. The first-order chi connectivity index (χ1) is 6.31. The van der Waals surface area contributed by atoms with Gasteiger partial charge in [-0.3, -0.25) is 0 Å². The van der Waals surface area contributed by atoms with Gasteiger partial charge in [-0.25, -0.2) is 0 Å². The smallest absolute Gasteiger partial charge is 0.127 e. The van der Waals surface area contributed by atoms with Crippen LogP contribution in [0.25, 0.3) is 0 Å². The van der Waals surface area contributed by atoms with Gasteiger partial charge in [0.05, 0.1) is 0 Å². The Morgan fingerprint density at radius 3 is 3.15 bits per heavy atom. The van der Waals surface area contributed by atoms with Crippen molar-refractivity contribution in [2.24, 2.45) is 0 Å². The van der Waals surface area contributed by atoms with Gasteiger partial charge in [-0.05, 0) is 35.9 Å². The van der Waals surface area contributed by atoms with E-state index >= 15 is 0 Å². The van der Waals surface area contributed by atoms with Crippen molar-refractivity contribution in [3.05, 3.63) is 28.2 Å². The Bertz CT molecular complexity index is 338. The average molecular weight is 257 g/mol. The van der Waals surface area contributed by atoms with Gasteiger partial charge in [0.15, 0.2) is 0 Å². The summed E-state index contributed by atoms with van der Waals surface area (Å²) < 4.78 is 1.06. The van der Waals surface area contributed by atoms with E-state index in [9.17, 15) is 4.79 Å². The Labute approximate surface area is 90.0 Å². The van der Waals surface area contributed by atoms with E-state index in [-0.39, 0.29) is 5.92 Å². The zero-order chi connectivity index (χ0) is 9.26. The molecule has 0 radical (unpaired) electrons. The molecular weight excluding hydrogens is 248 g/mol. The van der Waals surface area contributed by atoms with Gasteiger partial charge in [0, 0.05) is 15.3 Å². The van der Waals surface area contributed by atoms with E-state index in [2.05, 4.69) is 28.1 Å². The molecule has 1 aromatic rings. The maximum absolute atomic E-state index is 10.8. The van der Waals surface area contributed by atoms with Gasteiger partial charge >= 0.3 is 0 Å². The zero-order valence-electron chi connectivity index (χ0n) is 7.00. The molecule has 1 unspecified atom stereocenters. The lowest BCUT2D eigenvalue weighted by atomic mass is 9.98. The number of carbonyl (C=O) groups excluding carboxylic acids is 1. The standard InChI is InChI=1S/C10H9BrOS/c11-8-1-2-10-9(5-8)7(6-12)3-4-13-10/h1-2,5-7H,3-4H2. The van der Waals surface area contributed by atoms with Crippen LogP contribution in [0.15, 0.2) is 27.6 Å². The minimum Gasteiger partial charge on any atom is -0.303 e. The molecule has 0 aromatic heterocycles. The lowest BCUT2D eigenvalue weighted by Gasteiger charge is -2.20. The lowest BCUT2D eigenvalue weighted by molar-refractivity contribution is -0.109. The summed E-state index contributed by atoms with van der Waals surface area (Å²) in [6.07, 6.45) is 2.03. The predicted octanol–water partition coefficient (Wildman–Crippen LogP) is 3.23. The highest BCUT2D eigenvalue weighted by atomic mass is 79.9. The van der Waals surface area contributed by atoms with E-state index < -0.39 is 0 Å². The van der Waals surface area contributed by atoms with E-state index in [0.717, 1.165) is 22.9 Å². The van der Waals surface area contributed by atoms with Crippen LogP contribution in [0.3, 0.4) is 0 Å². The Balaban J connectivity index is 2.47. The third-order valence-electron chi connectivity index (χ3n) is 2.22. The molecule has 1 aliphatic heterocycles. The molecule has 0 amide bonds. The molecule has 0 spiro atoms. The highest BCUT2D eigenvalue weighted by Gasteiger charge is 2.19. The molecule has 0 fully saturated rings. The number of benzene rings is 1. The summed E-state index contributed by atoms with van der Waals surface area (Å²) in [7, 11) is 0. The van der Waals surface area contributed by atoms with Crippen LogP contribution in [0.4, 0.5) is 0 Å². The van der Waals surface area contributed by atoms with Gasteiger partial charge in [0.1, 0.15) is 6.29 Å². The number of aldehydes is 1. The molecule has 0 saturated carbocycles. The maximum atomic E-state index is 10.8. The van der Waals surface area contributed by atoms with E-state index in [1.54, 1.807) is 0 Å². The van der Waals surface area contributed by atoms with Crippen molar-refractivity contribution in [2.75, 3.05) is 5.75 Å². The van der Waals surface area contributed by atoms with Gasteiger partial charge in [0.2, 0.25) is 0 Å². The molecule has 0 aliphatic carbocycles. The van der Waals surface area contributed by atoms with E-state index in [0.29, 0.717) is 0 Å². The van der Waals surface area contributed by atoms with Crippen LogP contribution in [0.5, 0.6) is 0 Å². The fourth-order valence-corrected chi connectivity index (χ4v) is 3.04. The van der Waals surface area contributed by atoms with Crippen molar-refractivity contribution in [3.8, 4) is 0 Å². The number of hydrogen-bond donors (Lipinski definition) is 0. The highest BCUT2D eigenvalue weighted by molar-refractivity contribution is 9.10. The minimum absolute atomic E-state index is 0.105. The van der Waals surface area contributed by atoms with Crippen molar-refractivity contribution in [1.82, 2.24) is 0 Å². The number of carbonyl (C=O) groups is 1. The van der Waals surface area contributed by atoms with Crippen molar-refractivity contribution in [1.29, 1.82) is 0 Å². The normalized spacial score (nSPS) is 20.8. The van der Waals surface area contributed by atoms with Crippen LogP contribution in [-0.4, -0.2) is 12.0 Å². The third-order valence-corrected chi connectivity index (χ3v) is 3.84. The molecule has 1 atom stereocenters. The van der Waals surface area contributed by atoms with Crippen molar-refractivity contribution < 1.29 is 4.79 Å². The monoisotopic (exact) mass is 256 g/mol. The van der Waals surface area contributed by atoms with Crippen molar-refractivity contribution >= 4 is 34.0 Å². The molecule has 68 valence electrons. The fourth-order valence-electron chi connectivity index (χ4n) is 1.53. The van der Waals surface area contributed by atoms with E-state index in [1.807, 2.05) is 17.8 Å². The summed E-state index contributed by atoms with van der Waals surface area (Å²) in [4.78, 5) is 12.1. The second-order valence-corrected chi connectivity index (χ2v) is 5.11. The van der Waals surface area contributed by atoms with Crippen LogP contribution < -0.4 is 0 Å². The second-order valence-electron chi connectivity index (χ2n) is 3.06. The second kappa shape index (κ2) is 3.84. The SMILES string of the molecule is O=CC1CCSc2ccc(Br)cc21. The van der Waals surface area contributed by atoms with Crippen molar-refractivity contribution in [3.63, 3.8) is 0 Å². The van der Waals surface area contributed by atoms with Gasteiger partial charge in [0.25, 0.3) is 0 Å². The number of halogens is 1. The maximum Gasteiger partial charge on any atom is 0.127 e. The molecule has 0 N–H and O–H groups in total. The van der Waals surface area contributed by atoms with Crippen LogP contribution in [0, 0.1) is 0 Å². The Morgan fingerprint density at radius 1 is 1.54 bits per heavy atom. The van der Waals surface area contributed by atoms with E-state index in [4.69, 9.17) is 0 Å². The molecule has 0 bridgehead atoms. The Kier molecular flexibility index (Phi) is 2.74. The fraction of sp³-hybridized carbons (Fsp3) is 0.300. The van der Waals surface area contributed by atoms with Gasteiger partial charge in [-0.15, -0.1) is 11.8 Å². The lowest BCUT2D eigenvalue weighted by Crippen LogP contribution is -2.08. The van der Waals surface area contributed by atoms with Gasteiger partial charge in [-0.2, -0.15) is 0 Å². The summed E-state index contributed by atoms with van der Waals surface area (Å²) in [6.45, 7) is 0. The molecule has 1 aromatic carbocycles. The predicted molar refractivity (Wildman–Crippen MR) is 58.3 cm³/mol. The Hall–Kier alpha value is -0.280. The number of fused-ring (bicyclic) bond motifs is 1. The third kappa shape index (κ3) is 1.81. The van der Waals surface area contributed by atoms with E-state index in [1.165, 1.54) is 10.5 Å². The molecule has 0 saturated heterocycles. The molecule has 3 heteroatoms. The summed E-state index contributed by atoms with van der Waals surface area (Å²) in [6, 6.07) is 6.17. The number of thioether (sulfide) groups is 1. The van der Waals surface area contributed by atoms with Crippen LogP contribution in [0.2, 0.25) is 0 Å². The molecule has 1 nitrogen and oxygen atoms in total. The minimum atomic E-state index is 0.105. The summed E-state index contributed by atoms with van der Waals surface area (Å²) in [5.41, 5.74) is 1.18. The largest absolute Gasteiger partial charge is 0.303 e. The summed E-state index contributed by atoms with van der Waals surface area (Å²) in [5.74, 6) is 1.16. The first-order valence-corrected chi connectivity index (χ1v) is 5.96. The van der Waals surface area contributed by atoms with Crippen LogP contribution >= 0.6 is 27.7 Å². The molecule has 1 heterocycles. The highest BCUT2D eigenvalue weighted by Crippen LogP contribution is 2.37. The van der Waals surface area contributed by atoms with Gasteiger partial charge < -0.3 is 4.79 Å². The first kappa shape index (κ1) is 9.28. The topological polar surface area (TPSA) is 17.1 Å². The molecule has 13 heavy (non-hydrogen) atoms. The summed E-state index contributed by atoms with van der Waals surface area (Å²) in [5, 5.41) is 0. The Morgan fingerprint density at radius 2 is 2.38 bits per heavy atom. The quantitative estimate of drug-likeness (QED) is 0.718.